The van der Waals surface area contributed by atoms with Crippen LogP contribution in [-0.2, 0) is 17.6 Å². The molecule has 0 aliphatic heterocycles. The molecule has 3 nitrogen and oxygen atoms in total. The molecule has 0 spiro atoms. The summed E-state index contributed by atoms with van der Waals surface area (Å²) in [4.78, 5) is 16.0. The van der Waals surface area contributed by atoms with Gasteiger partial charge in [-0.05, 0) is 30.5 Å². The van der Waals surface area contributed by atoms with Crippen molar-refractivity contribution in [2.75, 3.05) is 5.73 Å². The summed E-state index contributed by atoms with van der Waals surface area (Å²) in [6, 6.07) is 6.14. The molecule has 2 N–H and O–H groups in total. The highest BCUT2D eigenvalue weighted by atomic mass is 32.1. The molecule has 1 aromatic heterocycles. The van der Waals surface area contributed by atoms with E-state index in [1.807, 2.05) is 11.4 Å². The van der Waals surface area contributed by atoms with E-state index in [2.05, 4.69) is 31.0 Å². The molecule has 0 saturated heterocycles. The molecule has 0 saturated carbocycles. The summed E-state index contributed by atoms with van der Waals surface area (Å²) in [6.07, 6.45) is 0.819. The fraction of sp³-hybridized carbons (Fsp3) is 0.286. The molecule has 4 heteroatoms. The first-order valence-electron chi connectivity index (χ1n) is 5.82. The lowest BCUT2D eigenvalue weighted by molar-refractivity contribution is -0.117. The van der Waals surface area contributed by atoms with Crippen molar-refractivity contribution in [1.82, 2.24) is 4.98 Å². The number of ketones is 1. The molecule has 2 rings (SSSR count). The fourth-order valence-electron chi connectivity index (χ4n) is 1.81. The summed E-state index contributed by atoms with van der Waals surface area (Å²) in [5.74, 6) is 0.170. The zero-order chi connectivity index (χ0) is 13.1. The number of anilines is 1. The van der Waals surface area contributed by atoms with Crippen LogP contribution in [0.1, 0.15) is 22.4 Å². The van der Waals surface area contributed by atoms with Crippen LogP contribution in [0.25, 0.3) is 0 Å². The van der Waals surface area contributed by atoms with Crippen LogP contribution in [0.2, 0.25) is 0 Å². The number of thiazole rings is 1. The van der Waals surface area contributed by atoms with Gasteiger partial charge in [0.05, 0.1) is 5.69 Å². The number of benzene rings is 1. The molecule has 0 fully saturated rings. The van der Waals surface area contributed by atoms with Crippen molar-refractivity contribution < 1.29 is 4.79 Å². The fourth-order valence-corrected chi connectivity index (χ4v) is 2.37. The monoisotopic (exact) mass is 260 g/mol. The number of nitrogen functional groups attached to an aromatic ring is 1. The normalized spacial score (nSPS) is 10.6. The van der Waals surface area contributed by atoms with Crippen LogP contribution in [-0.4, -0.2) is 10.8 Å². The van der Waals surface area contributed by atoms with E-state index in [-0.39, 0.29) is 5.78 Å². The third-order valence-corrected chi connectivity index (χ3v) is 3.64. The lowest BCUT2D eigenvalue weighted by Gasteiger charge is -2.04. The zero-order valence-corrected chi connectivity index (χ0v) is 11.4. The maximum Gasteiger partial charge on any atom is 0.180 e. The van der Waals surface area contributed by atoms with Gasteiger partial charge in [0.1, 0.15) is 5.78 Å². The minimum Gasteiger partial charge on any atom is -0.375 e. The van der Waals surface area contributed by atoms with Gasteiger partial charge in [-0.1, -0.05) is 18.2 Å². The first-order valence-corrected chi connectivity index (χ1v) is 6.70. The quantitative estimate of drug-likeness (QED) is 0.919. The molecule has 0 aliphatic rings. The van der Waals surface area contributed by atoms with Gasteiger partial charge < -0.3 is 5.73 Å². The van der Waals surface area contributed by atoms with Crippen molar-refractivity contribution in [2.45, 2.75) is 26.7 Å². The Morgan fingerprint density at radius 2 is 2.06 bits per heavy atom. The second kappa shape index (κ2) is 5.31. The molecule has 0 atom stereocenters. The average Bonchev–Trinajstić information content (AvgIpc) is 2.69. The summed E-state index contributed by atoms with van der Waals surface area (Å²) < 4.78 is 0. The number of aryl methyl sites for hydroxylation is 2. The number of carbonyl (C=O) groups is 1. The van der Waals surface area contributed by atoms with Crippen LogP contribution in [0.3, 0.4) is 0 Å². The predicted molar refractivity (Wildman–Crippen MR) is 74.9 cm³/mol. The summed E-state index contributed by atoms with van der Waals surface area (Å²) in [6.45, 7) is 4.13. The van der Waals surface area contributed by atoms with Crippen molar-refractivity contribution in [2.24, 2.45) is 0 Å². The molecule has 0 radical (unpaired) electrons. The second-order valence-electron chi connectivity index (χ2n) is 4.49. The van der Waals surface area contributed by atoms with E-state index < -0.39 is 0 Å². The predicted octanol–water partition coefficient (Wildman–Crippen LogP) is 2.70. The zero-order valence-electron chi connectivity index (χ0n) is 10.6. The number of Topliss-reactive ketones (excluding diaryl/α,β-unsaturated/α-hetero) is 1. The number of nitrogens with two attached hydrogens (primary N) is 1. The smallest absolute Gasteiger partial charge is 0.180 e. The Bertz CT molecular complexity index is 575. The van der Waals surface area contributed by atoms with Gasteiger partial charge in [0.2, 0.25) is 0 Å². The number of rotatable bonds is 4. The van der Waals surface area contributed by atoms with E-state index in [9.17, 15) is 4.79 Å². The highest BCUT2D eigenvalue weighted by Crippen LogP contribution is 2.14. The third kappa shape index (κ3) is 3.17. The topological polar surface area (TPSA) is 56.0 Å². The summed E-state index contributed by atoms with van der Waals surface area (Å²) in [5.41, 5.74) is 9.84. The molecule has 0 amide bonds. The number of hydrogen-bond donors (Lipinski definition) is 1. The van der Waals surface area contributed by atoms with Crippen LogP contribution in [0.15, 0.2) is 23.6 Å². The van der Waals surface area contributed by atoms with Crippen LogP contribution in [0, 0.1) is 13.8 Å². The first-order chi connectivity index (χ1) is 8.54. The first kappa shape index (κ1) is 12.8. The number of carbonyl (C=O) groups excluding carboxylic acids is 1. The summed E-state index contributed by atoms with van der Waals surface area (Å²) in [7, 11) is 0. The maximum absolute atomic E-state index is 11.9. The largest absolute Gasteiger partial charge is 0.375 e. The lowest BCUT2D eigenvalue weighted by atomic mass is 10.0. The Morgan fingerprint density at radius 3 is 2.67 bits per heavy atom. The Labute approximate surface area is 111 Å². The lowest BCUT2D eigenvalue weighted by Crippen LogP contribution is -2.07. The third-order valence-electron chi connectivity index (χ3n) is 2.92. The maximum atomic E-state index is 11.9. The van der Waals surface area contributed by atoms with Gasteiger partial charge in [0.25, 0.3) is 0 Å². The Morgan fingerprint density at radius 1 is 1.28 bits per heavy atom. The van der Waals surface area contributed by atoms with Gasteiger partial charge in [-0.3, -0.25) is 4.79 Å². The van der Waals surface area contributed by atoms with Crippen molar-refractivity contribution in [3.8, 4) is 0 Å². The highest BCUT2D eigenvalue weighted by molar-refractivity contribution is 7.13. The van der Waals surface area contributed by atoms with E-state index in [4.69, 9.17) is 5.73 Å². The molecule has 94 valence electrons. The molecule has 18 heavy (non-hydrogen) atoms. The SMILES string of the molecule is Cc1ccc(CC(=O)Cc2csc(N)n2)cc1C. The van der Waals surface area contributed by atoms with E-state index in [1.54, 1.807) is 0 Å². The van der Waals surface area contributed by atoms with Gasteiger partial charge >= 0.3 is 0 Å². The van der Waals surface area contributed by atoms with Gasteiger partial charge in [-0.15, -0.1) is 11.3 Å². The van der Waals surface area contributed by atoms with Crippen molar-refractivity contribution in [3.05, 3.63) is 46.0 Å². The van der Waals surface area contributed by atoms with Gasteiger partial charge in [-0.25, -0.2) is 4.98 Å². The summed E-state index contributed by atoms with van der Waals surface area (Å²) in [5, 5.41) is 2.36. The Hall–Kier alpha value is -1.68. The molecule has 0 aliphatic carbocycles. The Kier molecular flexibility index (Phi) is 3.77. The Balaban J connectivity index is 2.00. The number of nitrogens with zero attached hydrogens (tertiary/aromatic N) is 1. The summed E-state index contributed by atoms with van der Waals surface area (Å²) >= 11 is 1.37. The van der Waals surface area contributed by atoms with Crippen LogP contribution >= 0.6 is 11.3 Å². The molecule has 0 unspecified atom stereocenters. The van der Waals surface area contributed by atoms with Gasteiger partial charge in [-0.2, -0.15) is 0 Å². The number of aromatic nitrogens is 1. The van der Waals surface area contributed by atoms with Gasteiger partial charge in [0, 0.05) is 18.2 Å². The van der Waals surface area contributed by atoms with Crippen molar-refractivity contribution in [1.29, 1.82) is 0 Å². The van der Waals surface area contributed by atoms with Gasteiger partial charge in [0.15, 0.2) is 5.13 Å². The van der Waals surface area contributed by atoms with Crippen LogP contribution in [0.4, 0.5) is 5.13 Å². The van der Waals surface area contributed by atoms with E-state index in [0.717, 1.165) is 11.3 Å². The minimum atomic E-state index is 0.170. The highest BCUT2D eigenvalue weighted by Gasteiger charge is 2.08. The molecule has 1 aromatic carbocycles. The van der Waals surface area contributed by atoms with E-state index in [0.29, 0.717) is 18.0 Å². The van der Waals surface area contributed by atoms with E-state index in [1.165, 1.54) is 22.5 Å². The molecular weight excluding hydrogens is 244 g/mol. The molecular formula is C14H16N2OS. The molecule has 0 bridgehead atoms. The minimum absolute atomic E-state index is 0.170. The van der Waals surface area contributed by atoms with Crippen molar-refractivity contribution >= 4 is 22.3 Å². The van der Waals surface area contributed by atoms with Crippen LogP contribution < -0.4 is 5.73 Å². The van der Waals surface area contributed by atoms with Crippen molar-refractivity contribution in [3.63, 3.8) is 0 Å². The molecule has 1 heterocycles. The molecule has 2 aromatic rings. The van der Waals surface area contributed by atoms with Crippen LogP contribution in [0.5, 0.6) is 0 Å². The van der Waals surface area contributed by atoms with E-state index >= 15 is 0 Å². The standard InChI is InChI=1S/C14H16N2OS/c1-9-3-4-11(5-10(9)2)6-13(17)7-12-8-18-14(15)16-12/h3-5,8H,6-7H2,1-2H3,(H2,15,16). The second-order valence-corrected chi connectivity index (χ2v) is 5.38. The average molecular weight is 260 g/mol. The number of hydrogen-bond acceptors (Lipinski definition) is 4.